The van der Waals surface area contributed by atoms with Gasteiger partial charge in [0.1, 0.15) is 11.4 Å². The average molecular weight is 328 g/mol. The topological polar surface area (TPSA) is 51.6 Å². The molecule has 2 aromatic heterocycles. The van der Waals surface area contributed by atoms with E-state index in [0.29, 0.717) is 5.16 Å². The quantitative estimate of drug-likeness (QED) is 0.461. The highest BCUT2D eigenvalue weighted by molar-refractivity contribution is 7.98. The molecule has 0 N–H and O–H groups in total. The fraction of sp³-hybridized carbons (Fsp3) is 0.0526. The van der Waals surface area contributed by atoms with Crippen LogP contribution in [0.5, 0.6) is 0 Å². The van der Waals surface area contributed by atoms with E-state index in [1.807, 2.05) is 18.2 Å². The van der Waals surface area contributed by atoms with Gasteiger partial charge in [-0.05, 0) is 17.5 Å². The van der Waals surface area contributed by atoms with Crippen molar-refractivity contribution in [3.63, 3.8) is 0 Å². The molecule has 0 amide bonds. The molecule has 0 aliphatic heterocycles. The van der Waals surface area contributed by atoms with Crippen LogP contribution >= 0.6 is 11.8 Å². The van der Waals surface area contributed by atoms with E-state index in [-0.39, 0.29) is 0 Å². The van der Waals surface area contributed by atoms with Crippen molar-refractivity contribution in [1.82, 2.24) is 20.2 Å². The van der Waals surface area contributed by atoms with E-state index in [9.17, 15) is 0 Å². The second kappa shape index (κ2) is 5.39. The molecule has 1 aliphatic rings. The van der Waals surface area contributed by atoms with E-state index in [1.54, 1.807) is 18.0 Å². The number of pyridine rings is 1. The molecule has 1 aliphatic carbocycles. The van der Waals surface area contributed by atoms with Gasteiger partial charge in [-0.25, -0.2) is 4.98 Å². The van der Waals surface area contributed by atoms with Crippen LogP contribution < -0.4 is 0 Å². The lowest BCUT2D eigenvalue weighted by atomic mass is 10.0. The molecular weight excluding hydrogens is 316 g/mol. The third-order valence-electron chi connectivity index (χ3n) is 4.16. The van der Waals surface area contributed by atoms with E-state index in [1.165, 1.54) is 10.8 Å². The van der Waals surface area contributed by atoms with E-state index in [0.717, 1.165) is 34.0 Å². The van der Waals surface area contributed by atoms with Crippen LogP contribution in [-0.2, 0) is 5.75 Å². The fourth-order valence-electron chi connectivity index (χ4n) is 3.10. The highest BCUT2D eigenvalue weighted by atomic mass is 32.2. The Bertz CT molecular complexity index is 1060. The summed E-state index contributed by atoms with van der Waals surface area (Å²) in [5.74, 6) is 0.735. The van der Waals surface area contributed by atoms with Gasteiger partial charge in [-0.1, -0.05) is 54.2 Å². The summed E-state index contributed by atoms with van der Waals surface area (Å²) in [6.45, 7) is 0. The molecule has 4 nitrogen and oxygen atoms in total. The van der Waals surface area contributed by atoms with Gasteiger partial charge in [0.25, 0.3) is 0 Å². The van der Waals surface area contributed by atoms with Crippen molar-refractivity contribution in [2.75, 3.05) is 0 Å². The number of nitrogens with zero attached hydrogens (tertiary/aromatic N) is 4. The third kappa shape index (κ3) is 2.09. The first-order valence-corrected chi connectivity index (χ1v) is 8.68. The predicted octanol–water partition coefficient (Wildman–Crippen LogP) is 4.36. The Hall–Kier alpha value is -2.79. The summed E-state index contributed by atoms with van der Waals surface area (Å²) >= 11 is 1.56. The maximum atomic E-state index is 4.77. The van der Waals surface area contributed by atoms with Crippen LogP contribution in [0.25, 0.3) is 33.3 Å². The number of aromatic nitrogens is 4. The van der Waals surface area contributed by atoms with Gasteiger partial charge >= 0.3 is 0 Å². The summed E-state index contributed by atoms with van der Waals surface area (Å²) in [5.41, 5.74) is 5.09. The standard InChI is InChI=1S/C19H12N4S/c1-2-10-20-13(7-1)11-24-19-21-17-14-8-3-5-12-6-4-9-15(16(12)14)18(17)22-23-19/h1-10H,11H2. The van der Waals surface area contributed by atoms with Crippen LogP contribution in [0.15, 0.2) is 66.0 Å². The van der Waals surface area contributed by atoms with Crippen LogP contribution in [0.4, 0.5) is 0 Å². The molecule has 5 heteroatoms. The van der Waals surface area contributed by atoms with Crippen molar-refractivity contribution < 1.29 is 0 Å². The largest absolute Gasteiger partial charge is 0.260 e. The SMILES string of the molecule is c1ccc(CSc2nnc3c(n2)-c2cccc4cccc-3c24)nc1. The lowest BCUT2D eigenvalue weighted by Gasteiger charge is -2.03. The second-order valence-corrected chi connectivity index (χ2v) is 6.55. The fourth-order valence-corrected chi connectivity index (χ4v) is 3.80. The zero-order chi connectivity index (χ0) is 15.9. The van der Waals surface area contributed by atoms with Crippen LogP contribution in [0.1, 0.15) is 5.69 Å². The van der Waals surface area contributed by atoms with Crippen molar-refractivity contribution in [3.8, 4) is 22.5 Å². The summed E-state index contributed by atoms with van der Waals surface area (Å²) < 4.78 is 0. The normalized spacial score (nSPS) is 11.7. The van der Waals surface area contributed by atoms with E-state index >= 15 is 0 Å². The van der Waals surface area contributed by atoms with E-state index < -0.39 is 0 Å². The maximum Gasteiger partial charge on any atom is 0.210 e. The zero-order valence-corrected chi connectivity index (χ0v) is 13.5. The van der Waals surface area contributed by atoms with Gasteiger partial charge in [0, 0.05) is 28.5 Å². The Morgan fingerprint density at radius 2 is 1.62 bits per heavy atom. The highest BCUT2D eigenvalue weighted by Gasteiger charge is 2.24. The summed E-state index contributed by atoms with van der Waals surface area (Å²) in [5, 5.41) is 11.9. The molecule has 114 valence electrons. The van der Waals surface area contributed by atoms with Crippen molar-refractivity contribution in [2.24, 2.45) is 0 Å². The Morgan fingerprint density at radius 3 is 2.42 bits per heavy atom. The molecule has 0 saturated carbocycles. The molecule has 0 fully saturated rings. The minimum Gasteiger partial charge on any atom is -0.260 e. The van der Waals surface area contributed by atoms with Gasteiger partial charge in [0.15, 0.2) is 0 Å². The van der Waals surface area contributed by atoms with E-state index in [2.05, 4.69) is 51.6 Å². The molecule has 0 bridgehead atoms. The van der Waals surface area contributed by atoms with Gasteiger partial charge in [0.05, 0.1) is 5.69 Å². The van der Waals surface area contributed by atoms with Gasteiger partial charge in [-0.2, -0.15) is 0 Å². The molecule has 0 saturated heterocycles. The van der Waals surface area contributed by atoms with Crippen molar-refractivity contribution in [3.05, 3.63) is 66.5 Å². The van der Waals surface area contributed by atoms with Crippen LogP contribution in [-0.4, -0.2) is 20.2 Å². The van der Waals surface area contributed by atoms with Gasteiger partial charge in [-0.3, -0.25) is 4.98 Å². The smallest absolute Gasteiger partial charge is 0.210 e. The summed E-state index contributed by atoms with van der Waals surface area (Å²) in [6.07, 6.45) is 1.80. The first kappa shape index (κ1) is 13.6. The number of hydrogen-bond acceptors (Lipinski definition) is 5. The monoisotopic (exact) mass is 328 g/mol. The predicted molar refractivity (Wildman–Crippen MR) is 95.6 cm³/mol. The average Bonchev–Trinajstić information content (AvgIpc) is 2.97. The summed E-state index contributed by atoms with van der Waals surface area (Å²) in [4.78, 5) is 9.10. The lowest BCUT2D eigenvalue weighted by Crippen LogP contribution is -1.96. The van der Waals surface area contributed by atoms with Gasteiger partial charge in [0.2, 0.25) is 5.16 Å². The van der Waals surface area contributed by atoms with Crippen LogP contribution in [0.3, 0.4) is 0 Å². The van der Waals surface area contributed by atoms with Gasteiger partial charge < -0.3 is 0 Å². The summed E-state index contributed by atoms with van der Waals surface area (Å²) in [6, 6.07) is 18.5. The van der Waals surface area contributed by atoms with E-state index in [4.69, 9.17) is 4.98 Å². The third-order valence-corrected chi connectivity index (χ3v) is 5.03. The Morgan fingerprint density at radius 1 is 0.792 bits per heavy atom. The number of rotatable bonds is 3. The van der Waals surface area contributed by atoms with Crippen LogP contribution in [0, 0.1) is 0 Å². The molecule has 2 aromatic carbocycles. The molecule has 2 heterocycles. The van der Waals surface area contributed by atoms with Crippen molar-refractivity contribution in [1.29, 1.82) is 0 Å². The minimum atomic E-state index is 0.684. The summed E-state index contributed by atoms with van der Waals surface area (Å²) in [7, 11) is 0. The molecule has 4 aromatic rings. The number of hydrogen-bond donors (Lipinski definition) is 0. The molecule has 24 heavy (non-hydrogen) atoms. The molecule has 0 unspecified atom stereocenters. The Kier molecular flexibility index (Phi) is 3.06. The zero-order valence-electron chi connectivity index (χ0n) is 12.7. The maximum absolute atomic E-state index is 4.77. The molecule has 0 radical (unpaired) electrons. The Balaban J connectivity index is 1.55. The molecular formula is C19H12N4S. The Labute approximate surface area is 143 Å². The van der Waals surface area contributed by atoms with Crippen LogP contribution in [0.2, 0.25) is 0 Å². The first-order valence-electron chi connectivity index (χ1n) is 7.70. The van der Waals surface area contributed by atoms with Crippen molar-refractivity contribution >= 4 is 22.5 Å². The number of benzene rings is 2. The highest BCUT2D eigenvalue weighted by Crippen LogP contribution is 2.44. The molecule has 0 atom stereocenters. The van der Waals surface area contributed by atoms with Crippen molar-refractivity contribution in [2.45, 2.75) is 10.9 Å². The number of fused-ring (bicyclic) bond motifs is 3. The lowest BCUT2D eigenvalue weighted by molar-refractivity contribution is 0.852. The number of thioether (sulfide) groups is 1. The minimum absolute atomic E-state index is 0.684. The van der Waals surface area contributed by atoms with Gasteiger partial charge in [-0.15, -0.1) is 10.2 Å². The molecule has 5 rings (SSSR count). The molecule has 0 spiro atoms. The first-order chi connectivity index (χ1) is 11.9. The second-order valence-electron chi connectivity index (χ2n) is 5.61.